The second-order valence-corrected chi connectivity index (χ2v) is 7.09. The van der Waals surface area contributed by atoms with E-state index in [2.05, 4.69) is 0 Å². The van der Waals surface area contributed by atoms with Gasteiger partial charge in [-0.2, -0.15) is 0 Å². The first-order valence-electron chi connectivity index (χ1n) is 5.91. The largest absolute Gasteiger partial charge is 0.322 e. The minimum Gasteiger partial charge on any atom is -0.322 e. The summed E-state index contributed by atoms with van der Waals surface area (Å²) in [4.78, 5) is 0.873. The van der Waals surface area contributed by atoms with Crippen LogP contribution in [0.25, 0.3) is 16.1 Å². The van der Waals surface area contributed by atoms with Crippen LogP contribution in [0.2, 0.25) is 0 Å². The number of aromatic nitrogens is 1. The van der Waals surface area contributed by atoms with Gasteiger partial charge in [0.2, 0.25) is 10.0 Å². The minimum atomic E-state index is -3.75. The molecule has 3 aromatic rings. The molecule has 0 spiro atoms. The first kappa shape index (κ1) is 13.1. The fraction of sp³-hybridized carbons (Fsp3) is 0. The molecule has 2 heterocycles. The van der Waals surface area contributed by atoms with Gasteiger partial charge in [0.05, 0.1) is 5.69 Å². The lowest BCUT2D eigenvalue weighted by Crippen LogP contribution is -2.12. The van der Waals surface area contributed by atoms with Gasteiger partial charge in [0.25, 0.3) is 0 Å². The van der Waals surface area contributed by atoms with Crippen LogP contribution in [0.5, 0.6) is 0 Å². The highest BCUT2D eigenvalue weighted by Crippen LogP contribution is 2.35. The van der Waals surface area contributed by atoms with Crippen LogP contribution in [0.15, 0.2) is 65.1 Å². The molecule has 2 aromatic heterocycles. The summed E-state index contributed by atoms with van der Waals surface area (Å²) in [6.07, 6.45) is 3.59. The monoisotopic (exact) mass is 304 g/mol. The molecule has 0 fully saturated rings. The van der Waals surface area contributed by atoms with E-state index >= 15 is 0 Å². The third-order valence-corrected chi connectivity index (χ3v) is 5.52. The van der Waals surface area contributed by atoms with Gasteiger partial charge in [0.1, 0.15) is 0 Å². The Labute approximate surface area is 121 Å². The molecule has 4 nitrogen and oxygen atoms in total. The van der Waals surface area contributed by atoms with E-state index in [4.69, 9.17) is 5.14 Å². The smallest absolute Gasteiger partial charge is 0.249 e. The van der Waals surface area contributed by atoms with Crippen LogP contribution in [0.4, 0.5) is 0 Å². The Bertz CT molecular complexity index is 819. The van der Waals surface area contributed by atoms with E-state index < -0.39 is 10.0 Å². The Morgan fingerprint density at radius 1 is 1.00 bits per heavy atom. The van der Waals surface area contributed by atoms with Gasteiger partial charge in [-0.1, -0.05) is 30.3 Å². The maximum atomic E-state index is 11.8. The van der Waals surface area contributed by atoms with Gasteiger partial charge in [0.15, 0.2) is 4.21 Å². The van der Waals surface area contributed by atoms with Crippen molar-refractivity contribution in [2.45, 2.75) is 4.21 Å². The maximum Gasteiger partial charge on any atom is 0.249 e. The third kappa shape index (κ3) is 2.40. The highest BCUT2D eigenvalue weighted by Gasteiger charge is 2.20. The molecule has 0 radical (unpaired) electrons. The predicted octanol–water partition coefficient (Wildman–Crippen LogP) is 2.85. The normalized spacial score (nSPS) is 11.7. The van der Waals surface area contributed by atoms with Crippen molar-refractivity contribution in [3.05, 3.63) is 60.9 Å². The van der Waals surface area contributed by atoms with Gasteiger partial charge in [-0.05, 0) is 23.8 Å². The molecular weight excluding hydrogens is 292 g/mol. The first-order valence-corrected chi connectivity index (χ1v) is 8.27. The van der Waals surface area contributed by atoms with Crippen LogP contribution in [-0.4, -0.2) is 13.0 Å². The predicted molar refractivity (Wildman–Crippen MR) is 80.5 cm³/mol. The fourth-order valence-electron chi connectivity index (χ4n) is 1.99. The average Bonchev–Trinajstić information content (AvgIpc) is 3.08. The van der Waals surface area contributed by atoms with Crippen molar-refractivity contribution in [2.24, 2.45) is 5.14 Å². The number of hydrogen-bond acceptors (Lipinski definition) is 3. The molecule has 0 aliphatic heterocycles. The molecule has 0 bridgehead atoms. The van der Waals surface area contributed by atoms with Crippen molar-refractivity contribution < 1.29 is 8.42 Å². The van der Waals surface area contributed by atoms with E-state index in [-0.39, 0.29) is 4.21 Å². The van der Waals surface area contributed by atoms with Crippen molar-refractivity contribution >= 4 is 21.4 Å². The molecule has 0 amide bonds. The number of benzene rings is 1. The zero-order valence-electron chi connectivity index (χ0n) is 10.4. The molecule has 0 saturated heterocycles. The second kappa shape index (κ2) is 4.90. The van der Waals surface area contributed by atoms with E-state index in [1.54, 1.807) is 17.0 Å². The molecule has 0 unspecified atom stereocenters. The SMILES string of the molecule is NS(=O)(=O)c1sc(-c2ccccc2)cc1-n1cccc1. The van der Waals surface area contributed by atoms with Crippen molar-refractivity contribution in [2.75, 3.05) is 0 Å². The summed E-state index contributed by atoms with van der Waals surface area (Å²) in [6, 6.07) is 15.2. The lowest BCUT2D eigenvalue weighted by atomic mass is 10.2. The third-order valence-electron chi connectivity index (χ3n) is 2.88. The van der Waals surface area contributed by atoms with Gasteiger partial charge in [-0.15, -0.1) is 11.3 Å². The number of nitrogens with two attached hydrogens (primary N) is 1. The Balaban J connectivity index is 2.22. The topological polar surface area (TPSA) is 65.1 Å². The highest BCUT2D eigenvalue weighted by atomic mass is 32.2. The molecule has 0 atom stereocenters. The number of thiophene rings is 1. The summed E-state index contributed by atoms with van der Waals surface area (Å²) in [5.74, 6) is 0. The summed E-state index contributed by atoms with van der Waals surface area (Å²) >= 11 is 1.18. The maximum absolute atomic E-state index is 11.8. The zero-order valence-corrected chi connectivity index (χ0v) is 12.1. The molecule has 6 heteroatoms. The molecule has 1 aromatic carbocycles. The molecule has 2 N–H and O–H groups in total. The summed E-state index contributed by atoms with van der Waals surface area (Å²) in [6.45, 7) is 0. The molecule has 102 valence electrons. The summed E-state index contributed by atoms with van der Waals surface area (Å²) in [5.41, 5.74) is 1.56. The van der Waals surface area contributed by atoms with Crippen LogP contribution in [0, 0.1) is 0 Å². The molecular formula is C14H12N2O2S2. The number of sulfonamides is 1. The van der Waals surface area contributed by atoms with Crippen LogP contribution in [0.3, 0.4) is 0 Å². The molecule has 20 heavy (non-hydrogen) atoms. The first-order chi connectivity index (χ1) is 9.55. The van der Waals surface area contributed by atoms with E-state index in [0.29, 0.717) is 5.69 Å². The second-order valence-electron chi connectivity index (χ2n) is 4.28. The minimum absolute atomic E-state index is 0.174. The lowest BCUT2D eigenvalue weighted by Gasteiger charge is -2.01. The van der Waals surface area contributed by atoms with E-state index in [1.807, 2.05) is 48.5 Å². The van der Waals surface area contributed by atoms with Gasteiger partial charge in [0, 0.05) is 17.3 Å². The Morgan fingerprint density at radius 3 is 2.25 bits per heavy atom. The summed E-state index contributed by atoms with van der Waals surface area (Å²) in [5, 5.41) is 5.32. The van der Waals surface area contributed by atoms with Crippen molar-refractivity contribution in [3.8, 4) is 16.1 Å². The number of nitrogens with zero attached hydrogens (tertiary/aromatic N) is 1. The van der Waals surface area contributed by atoms with Crippen molar-refractivity contribution in [1.82, 2.24) is 4.57 Å². The molecule has 0 aliphatic carbocycles. The summed E-state index contributed by atoms with van der Waals surface area (Å²) < 4.78 is 25.5. The van der Waals surface area contributed by atoms with Crippen LogP contribution < -0.4 is 5.14 Å². The number of primary sulfonamides is 1. The molecule has 3 rings (SSSR count). The van der Waals surface area contributed by atoms with Gasteiger partial charge in [-0.25, -0.2) is 13.6 Å². The van der Waals surface area contributed by atoms with Crippen LogP contribution in [0.1, 0.15) is 0 Å². The number of rotatable bonds is 3. The van der Waals surface area contributed by atoms with Crippen LogP contribution in [-0.2, 0) is 10.0 Å². The lowest BCUT2D eigenvalue weighted by molar-refractivity contribution is 0.599. The molecule has 0 aliphatic rings. The average molecular weight is 304 g/mol. The quantitative estimate of drug-likeness (QED) is 0.808. The Hall–Kier alpha value is -1.89. The summed E-state index contributed by atoms with van der Waals surface area (Å²) in [7, 11) is -3.75. The highest BCUT2D eigenvalue weighted by molar-refractivity contribution is 7.91. The van der Waals surface area contributed by atoms with Crippen LogP contribution >= 0.6 is 11.3 Å². The van der Waals surface area contributed by atoms with E-state index in [9.17, 15) is 8.42 Å². The van der Waals surface area contributed by atoms with E-state index in [1.165, 1.54) is 11.3 Å². The molecule has 0 saturated carbocycles. The fourth-order valence-corrected chi connectivity index (χ4v) is 4.07. The standard InChI is InChI=1S/C14H12N2O2S2/c15-20(17,18)14-12(16-8-4-5-9-16)10-13(19-14)11-6-2-1-3-7-11/h1-10H,(H2,15,17,18). The van der Waals surface area contributed by atoms with Gasteiger partial charge < -0.3 is 4.57 Å². The van der Waals surface area contributed by atoms with Gasteiger partial charge >= 0.3 is 0 Å². The van der Waals surface area contributed by atoms with Crippen molar-refractivity contribution in [3.63, 3.8) is 0 Å². The Kier molecular flexibility index (Phi) is 3.21. The van der Waals surface area contributed by atoms with Gasteiger partial charge in [-0.3, -0.25) is 0 Å². The Morgan fingerprint density at radius 2 is 1.65 bits per heavy atom. The zero-order chi connectivity index (χ0) is 14.2. The number of hydrogen-bond donors (Lipinski definition) is 1. The van der Waals surface area contributed by atoms with E-state index in [0.717, 1.165) is 10.4 Å². The van der Waals surface area contributed by atoms with Crippen molar-refractivity contribution in [1.29, 1.82) is 0 Å².